The van der Waals surface area contributed by atoms with Crippen molar-refractivity contribution in [3.8, 4) is 0 Å². The van der Waals surface area contributed by atoms with Crippen LogP contribution < -0.4 is 5.32 Å². The van der Waals surface area contributed by atoms with Crippen LogP contribution in [0.4, 0.5) is 4.39 Å². The summed E-state index contributed by atoms with van der Waals surface area (Å²) in [5.41, 5.74) is 3.65. The van der Waals surface area contributed by atoms with Crippen LogP contribution in [0.5, 0.6) is 0 Å². The van der Waals surface area contributed by atoms with E-state index in [9.17, 15) is 9.18 Å². The fourth-order valence-corrected chi connectivity index (χ4v) is 3.69. The lowest BCUT2D eigenvalue weighted by atomic mass is 10.2. The van der Waals surface area contributed by atoms with Crippen LogP contribution in [-0.4, -0.2) is 20.9 Å². The summed E-state index contributed by atoms with van der Waals surface area (Å²) in [5, 5.41) is 3.86. The standard InChI is InChI=1S/C21H19FN4O/c1-11(19-9-12-8-13(22)6-7-16(12)24-19)23-21(27)15-10-14(15)20-25-17-4-2-3-5-18(17)26-20/h2-9,11,14-15,24H,10H2,1H3,(H,23,27)(H,25,26)/t11-,14+,15?/m1/s1. The Morgan fingerprint density at radius 2 is 2.04 bits per heavy atom. The third-order valence-electron chi connectivity index (χ3n) is 5.32. The predicted molar refractivity (Wildman–Crippen MR) is 102 cm³/mol. The van der Waals surface area contributed by atoms with Crippen molar-refractivity contribution >= 4 is 27.8 Å². The molecule has 3 N–H and O–H groups in total. The van der Waals surface area contributed by atoms with Gasteiger partial charge in [-0.1, -0.05) is 12.1 Å². The molecule has 1 aliphatic rings. The van der Waals surface area contributed by atoms with E-state index in [1.165, 1.54) is 12.1 Å². The van der Waals surface area contributed by atoms with Crippen LogP contribution in [0.3, 0.4) is 0 Å². The molecule has 5 nitrogen and oxygen atoms in total. The Balaban J connectivity index is 1.28. The van der Waals surface area contributed by atoms with Crippen molar-refractivity contribution in [1.82, 2.24) is 20.3 Å². The SMILES string of the molecule is C[C@@H](NC(=O)C1C[C@@H]1c1nc2ccccc2[nH]1)c1cc2cc(F)ccc2[nH]1. The summed E-state index contributed by atoms with van der Waals surface area (Å²) in [4.78, 5) is 23.8. The fraction of sp³-hybridized carbons (Fsp3) is 0.238. The van der Waals surface area contributed by atoms with Crippen molar-refractivity contribution in [3.05, 3.63) is 65.9 Å². The minimum Gasteiger partial charge on any atom is -0.357 e. The highest BCUT2D eigenvalue weighted by molar-refractivity contribution is 5.84. The van der Waals surface area contributed by atoms with Gasteiger partial charge in [-0.05, 0) is 49.7 Å². The van der Waals surface area contributed by atoms with Gasteiger partial charge < -0.3 is 15.3 Å². The molecule has 1 saturated carbocycles. The Labute approximate surface area is 155 Å². The van der Waals surface area contributed by atoms with Gasteiger partial charge in [0, 0.05) is 28.4 Å². The molecule has 2 aromatic heterocycles. The molecule has 136 valence electrons. The Morgan fingerprint density at radius 3 is 2.89 bits per heavy atom. The van der Waals surface area contributed by atoms with E-state index in [4.69, 9.17) is 0 Å². The number of carbonyl (C=O) groups excluding carboxylic acids is 1. The molecule has 4 aromatic rings. The molecule has 27 heavy (non-hydrogen) atoms. The molecule has 0 spiro atoms. The lowest BCUT2D eigenvalue weighted by molar-refractivity contribution is -0.123. The number of rotatable bonds is 4. The van der Waals surface area contributed by atoms with Gasteiger partial charge in [0.2, 0.25) is 5.91 Å². The minimum absolute atomic E-state index is 0.0257. The summed E-state index contributed by atoms with van der Waals surface area (Å²) in [5.74, 6) is 0.718. The number of halogens is 1. The summed E-state index contributed by atoms with van der Waals surface area (Å²) in [6.07, 6.45) is 0.802. The first kappa shape index (κ1) is 16.1. The zero-order valence-corrected chi connectivity index (χ0v) is 14.8. The van der Waals surface area contributed by atoms with Crippen LogP contribution in [-0.2, 0) is 4.79 Å². The van der Waals surface area contributed by atoms with E-state index in [0.29, 0.717) is 0 Å². The zero-order chi connectivity index (χ0) is 18.5. The zero-order valence-electron chi connectivity index (χ0n) is 14.8. The molecule has 0 radical (unpaired) electrons. The highest BCUT2D eigenvalue weighted by Gasteiger charge is 2.46. The third-order valence-corrected chi connectivity index (χ3v) is 5.32. The number of nitrogens with zero attached hydrogens (tertiary/aromatic N) is 1. The summed E-state index contributed by atoms with van der Waals surface area (Å²) in [7, 11) is 0. The van der Waals surface area contributed by atoms with Gasteiger partial charge >= 0.3 is 0 Å². The van der Waals surface area contributed by atoms with Gasteiger partial charge in [-0.15, -0.1) is 0 Å². The first-order valence-electron chi connectivity index (χ1n) is 9.11. The number of amides is 1. The number of aromatic nitrogens is 3. The van der Waals surface area contributed by atoms with Crippen molar-refractivity contribution in [2.24, 2.45) is 5.92 Å². The molecule has 5 rings (SSSR count). The Morgan fingerprint density at radius 1 is 1.19 bits per heavy atom. The van der Waals surface area contributed by atoms with Gasteiger partial charge in [0.25, 0.3) is 0 Å². The number of H-pyrrole nitrogens is 2. The second-order valence-corrected chi connectivity index (χ2v) is 7.27. The van der Waals surface area contributed by atoms with E-state index in [1.54, 1.807) is 6.07 Å². The average molecular weight is 362 g/mol. The van der Waals surface area contributed by atoms with Crippen molar-refractivity contribution in [2.75, 3.05) is 0 Å². The normalized spacial score (nSPS) is 20.1. The lowest BCUT2D eigenvalue weighted by Gasteiger charge is -2.12. The molecular formula is C21H19FN4O. The maximum absolute atomic E-state index is 13.4. The number of hydrogen-bond acceptors (Lipinski definition) is 2. The van der Waals surface area contributed by atoms with Gasteiger partial charge in [-0.25, -0.2) is 9.37 Å². The molecule has 3 atom stereocenters. The van der Waals surface area contributed by atoms with Gasteiger partial charge in [-0.3, -0.25) is 4.79 Å². The first-order chi connectivity index (χ1) is 13.1. The number of aromatic amines is 2. The van der Waals surface area contributed by atoms with E-state index in [-0.39, 0.29) is 29.6 Å². The van der Waals surface area contributed by atoms with Gasteiger partial charge in [-0.2, -0.15) is 0 Å². The molecule has 1 unspecified atom stereocenters. The molecule has 0 saturated heterocycles. The summed E-state index contributed by atoms with van der Waals surface area (Å²) in [6.45, 7) is 1.93. The number of para-hydroxylation sites is 2. The topological polar surface area (TPSA) is 73.6 Å². The second kappa shape index (κ2) is 5.94. The van der Waals surface area contributed by atoms with E-state index in [2.05, 4.69) is 20.3 Å². The van der Waals surface area contributed by atoms with E-state index >= 15 is 0 Å². The largest absolute Gasteiger partial charge is 0.357 e. The average Bonchev–Trinajstić information content (AvgIpc) is 3.16. The van der Waals surface area contributed by atoms with E-state index < -0.39 is 0 Å². The maximum Gasteiger partial charge on any atom is 0.224 e. The van der Waals surface area contributed by atoms with Crippen molar-refractivity contribution in [3.63, 3.8) is 0 Å². The number of benzene rings is 2. The monoisotopic (exact) mass is 362 g/mol. The van der Waals surface area contributed by atoms with E-state index in [0.717, 1.165) is 39.9 Å². The smallest absolute Gasteiger partial charge is 0.224 e. The Bertz CT molecular complexity index is 1130. The second-order valence-electron chi connectivity index (χ2n) is 7.27. The Kier molecular flexibility index (Phi) is 3.53. The highest BCUT2D eigenvalue weighted by atomic mass is 19.1. The Hall–Kier alpha value is -3.15. The number of carbonyl (C=O) groups is 1. The minimum atomic E-state index is -0.267. The molecule has 0 bridgehead atoms. The van der Waals surface area contributed by atoms with Crippen LogP contribution in [0.1, 0.15) is 36.8 Å². The number of nitrogens with one attached hydrogen (secondary N) is 3. The quantitative estimate of drug-likeness (QED) is 0.510. The summed E-state index contributed by atoms with van der Waals surface area (Å²) >= 11 is 0. The summed E-state index contributed by atoms with van der Waals surface area (Å²) < 4.78 is 13.4. The molecular weight excluding hydrogens is 343 g/mol. The van der Waals surface area contributed by atoms with Crippen LogP contribution in [0.2, 0.25) is 0 Å². The van der Waals surface area contributed by atoms with Crippen LogP contribution in [0, 0.1) is 11.7 Å². The number of fused-ring (bicyclic) bond motifs is 2. The van der Waals surface area contributed by atoms with Crippen molar-refractivity contribution in [1.29, 1.82) is 0 Å². The van der Waals surface area contributed by atoms with E-state index in [1.807, 2.05) is 37.3 Å². The molecule has 0 aliphatic heterocycles. The van der Waals surface area contributed by atoms with Crippen LogP contribution in [0.15, 0.2) is 48.5 Å². The van der Waals surface area contributed by atoms with Gasteiger partial charge in [0.15, 0.2) is 0 Å². The molecule has 1 amide bonds. The lowest BCUT2D eigenvalue weighted by Crippen LogP contribution is -2.28. The third kappa shape index (κ3) is 2.87. The maximum atomic E-state index is 13.4. The van der Waals surface area contributed by atoms with Crippen LogP contribution in [0.25, 0.3) is 21.9 Å². The van der Waals surface area contributed by atoms with Crippen LogP contribution >= 0.6 is 0 Å². The predicted octanol–water partition coefficient (Wildman–Crippen LogP) is 4.16. The van der Waals surface area contributed by atoms with Gasteiger partial charge in [0.1, 0.15) is 11.6 Å². The van der Waals surface area contributed by atoms with Crippen molar-refractivity contribution < 1.29 is 9.18 Å². The molecule has 2 heterocycles. The molecule has 1 fully saturated rings. The van der Waals surface area contributed by atoms with Gasteiger partial charge in [0.05, 0.1) is 17.1 Å². The molecule has 6 heteroatoms. The number of hydrogen-bond donors (Lipinski definition) is 3. The highest BCUT2D eigenvalue weighted by Crippen LogP contribution is 2.47. The summed E-state index contributed by atoms with van der Waals surface area (Å²) in [6, 6.07) is 14.2. The molecule has 2 aromatic carbocycles. The number of imidazole rings is 1. The first-order valence-corrected chi connectivity index (χ1v) is 9.11. The fourth-order valence-electron chi connectivity index (χ4n) is 3.69. The van der Waals surface area contributed by atoms with Crippen molar-refractivity contribution in [2.45, 2.75) is 25.3 Å². The molecule has 1 aliphatic carbocycles.